The second-order valence-electron chi connectivity index (χ2n) is 7.44. The first-order valence-corrected chi connectivity index (χ1v) is 10.4. The van der Waals surface area contributed by atoms with Gasteiger partial charge in [0.25, 0.3) is 0 Å². The number of carbonyl (C=O) groups is 1. The fourth-order valence-corrected chi connectivity index (χ4v) is 3.54. The molecule has 0 bridgehead atoms. The van der Waals surface area contributed by atoms with E-state index in [1.807, 2.05) is 30.3 Å². The lowest BCUT2D eigenvalue weighted by Gasteiger charge is -2.29. The molecular formula is C23H26N6O3. The van der Waals surface area contributed by atoms with Crippen molar-refractivity contribution >= 4 is 29.2 Å². The molecule has 0 unspecified atom stereocenters. The van der Waals surface area contributed by atoms with Gasteiger partial charge in [-0.3, -0.25) is 4.79 Å². The number of carbonyl (C=O) groups excluding carboxylic acids is 1. The van der Waals surface area contributed by atoms with E-state index in [0.29, 0.717) is 30.8 Å². The third-order valence-electron chi connectivity index (χ3n) is 5.03. The van der Waals surface area contributed by atoms with Gasteiger partial charge in [0.05, 0.1) is 6.61 Å². The summed E-state index contributed by atoms with van der Waals surface area (Å²) in [5.74, 6) is 1.81. The van der Waals surface area contributed by atoms with Crippen LogP contribution < -0.4 is 20.3 Å². The van der Waals surface area contributed by atoms with E-state index >= 15 is 0 Å². The van der Waals surface area contributed by atoms with Crippen molar-refractivity contribution in [3.05, 3.63) is 59.9 Å². The Labute approximate surface area is 186 Å². The van der Waals surface area contributed by atoms with Crippen LogP contribution in [0.2, 0.25) is 0 Å². The second kappa shape index (κ2) is 10.1. The molecule has 1 aliphatic heterocycles. The lowest BCUT2D eigenvalue weighted by molar-refractivity contribution is -0.114. The summed E-state index contributed by atoms with van der Waals surface area (Å²) in [6.45, 7) is 4.10. The topological polar surface area (TPSA) is 102 Å². The van der Waals surface area contributed by atoms with Crippen molar-refractivity contribution < 1.29 is 14.3 Å². The molecule has 4 rings (SSSR count). The Bertz CT molecular complexity index is 1090. The first-order valence-electron chi connectivity index (χ1n) is 10.4. The minimum absolute atomic E-state index is 0.122. The zero-order valence-electron chi connectivity index (χ0n) is 18.2. The number of methoxy groups -OCH3 is 1. The molecule has 0 saturated heterocycles. The standard InChI is InChI=1S/C23H26N6O3/c1-16(30)26-19-4-3-5-20(13-19)27-22-24-15-25-23(28-22)29-9-8-17-12-21(32-11-10-31-2)7-6-18(17)14-29/h3-7,12-13,15H,8-11,14H2,1-2H3,(H,26,30)(H,24,25,27,28). The third kappa shape index (κ3) is 5.50. The number of amides is 1. The summed E-state index contributed by atoms with van der Waals surface area (Å²) >= 11 is 0. The molecular weight excluding hydrogens is 408 g/mol. The maximum absolute atomic E-state index is 11.3. The molecule has 32 heavy (non-hydrogen) atoms. The molecule has 0 fully saturated rings. The van der Waals surface area contributed by atoms with Gasteiger partial charge in [-0.15, -0.1) is 0 Å². The normalized spacial score (nSPS) is 12.8. The zero-order chi connectivity index (χ0) is 22.3. The lowest BCUT2D eigenvalue weighted by Crippen LogP contribution is -2.32. The third-order valence-corrected chi connectivity index (χ3v) is 5.03. The highest BCUT2D eigenvalue weighted by Gasteiger charge is 2.19. The number of fused-ring (bicyclic) bond motifs is 1. The van der Waals surface area contributed by atoms with Gasteiger partial charge >= 0.3 is 0 Å². The van der Waals surface area contributed by atoms with Crippen LogP contribution in [0, 0.1) is 0 Å². The molecule has 2 N–H and O–H groups in total. The smallest absolute Gasteiger partial charge is 0.232 e. The number of benzene rings is 2. The molecule has 9 nitrogen and oxygen atoms in total. The van der Waals surface area contributed by atoms with Crippen LogP contribution in [0.4, 0.5) is 23.3 Å². The van der Waals surface area contributed by atoms with Crippen LogP contribution in [0.15, 0.2) is 48.8 Å². The monoisotopic (exact) mass is 434 g/mol. The Morgan fingerprint density at radius 1 is 1.09 bits per heavy atom. The summed E-state index contributed by atoms with van der Waals surface area (Å²) in [5.41, 5.74) is 3.99. The molecule has 2 aromatic carbocycles. The van der Waals surface area contributed by atoms with Crippen LogP contribution in [0.25, 0.3) is 0 Å². The largest absolute Gasteiger partial charge is 0.491 e. The average Bonchev–Trinajstić information content (AvgIpc) is 2.79. The van der Waals surface area contributed by atoms with Crippen molar-refractivity contribution in [2.75, 3.05) is 42.4 Å². The average molecular weight is 435 g/mol. The van der Waals surface area contributed by atoms with E-state index in [-0.39, 0.29) is 5.91 Å². The van der Waals surface area contributed by atoms with E-state index < -0.39 is 0 Å². The van der Waals surface area contributed by atoms with Gasteiger partial charge in [-0.25, -0.2) is 9.97 Å². The van der Waals surface area contributed by atoms with E-state index in [1.165, 1.54) is 24.4 Å². The van der Waals surface area contributed by atoms with Gasteiger partial charge in [-0.05, 0) is 47.9 Å². The minimum atomic E-state index is -0.122. The van der Waals surface area contributed by atoms with E-state index in [1.54, 1.807) is 7.11 Å². The molecule has 3 aromatic rings. The van der Waals surface area contributed by atoms with Gasteiger partial charge in [0.1, 0.15) is 18.7 Å². The van der Waals surface area contributed by atoms with Gasteiger partial charge in [0.2, 0.25) is 17.8 Å². The number of anilines is 4. The first-order chi connectivity index (χ1) is 15.6. The molecule has 1 aliphatic rings. The SMILES string of the molecule is COCCOc1ccc2c(c1)CCN(c1ncnc(Nc3cccc(NC(C)=O)c3)n1)C2. The van der Waals surface area contributed by atoms with Crippen LogP contribution >= 0.6 is 0 Å². The molecule has 1 aromatic heterocycles. The summed E-state index contributed by atoms with van der Waals surface area (Å²) in [6.07, 6.45) is 2.38. The highest BCUT2D eigenvalue weighted by molar-refractivity contribution is 5.89. The summed E-state index contributed by atoms with van der Waals surface area (Å²) < 4.78 is 10.8. The number of nitrogens with one attached hydrogen (secondary N) is 2. The van der Waals surface area contributed by atoms with Crippen LogP contribution in [-0.2, 0) is 22.5 Å². The Kier molecular flexibility index (Phi) is 6.76. The van der Waals surface area contributed by atoms with E-state index in [2.05, 4.69) is 42.6 Å². The molecule has 0 radical (unpaired) electrons. The number of ether oxygens (including phenoxy) is 2. The summed E-state index contributed by atoms with van der Waals surface area (Å²) in [4.78, 5) is 26.6. The number of hydrogen-bond donors (Lipinski definition) is 2. The molecule has 9 heteroatoms. The Morgan fingerprint density at radius 3 is 2.81 bits per heavy atom. The Balaban J connectivity index is 1.43. The lowest BCUT2D eigenvalue weighted by atomic mass is 10.00. The maximum atomic E-state index is 11.3. The van der Waals surface area contributed by atoms with Gasteiger partial charge in [0.15, 0.2) is 0 Å². The van der Waals surface area contributed by atoms with Crippen LogP contribution in [-0.4, -0.2) is 47.7 Å². The maximum Gasteiger partial charge on any atom is 0.232 e. The van der Waals surface area contributed by atoms with Crippen molar-refractivity contribution in [2.24, 2.45) is 0 Å². The van der Waals surface area contributed by atoms with Crippen LogP contribution in [0.5, 0.6) is 5.75 Å². The highest BCUT2D eigenvalue weighted by Crippen LogP contribution is 2.26. The number of nitrogens with zero attached hydrogens (tertiary/aromatic N) is 4. The fraction of sp³-hybridized carbons (Fsp3) is 0.304. The first kappa shape index (κ1) is 21.5. The van der Waals surface area contributed by atoms with Gasteiger partial charge in [-0.2, -0.15) is 4.98 Å². The number of rotatable bonds is 8. The van der Waals surface area contributed by atoms with Crippen molar-refractivity contribution in [2.45, 2.75) is 19.9 Å². The second-order valence-corrected chi connectivity index (χ2v) is 7.44. The minimum Gasteiger partial charge on any atom is -0.491 e. The van der Waals surface area contributed by atoms with E-state index in [4.69, 9.17) is 9.47 Å². The quantitative estimate of drug-likeness (QED) is 0.522. The Morgan fingerprint density at radius 2 is 1.97 bits per heavy atom. The fourth-order valence-electron chi connectivity index (χ4n) is 3.54. The highest BCUT2D eigenvalue weighted by atomic mass is 16.5. The number of hydrogen-bond acceptors (Lipinski definition) is 8. The van der Waals surface area contributed by atoms with Crippen LogP contribution in [0.3, 0.4) is 0 Å². The van der Waals surface area contributed by atoms with E-state index in [0.717, 1.165) is 30.9 Å². The zero-order valence-corrected chi connectivity index (χ0v) is 18.2. The molecule has 2 heterocycles. The van der Waals surface area contributed by atoms with Gasteiger partial charge in [0, 0.05) is 38.5 Å². The predicted molar refractivity (Wildman–Crippen MR) is 122 cm³/mol. The Hall–Kier alpha value is -3.72. The molecule has 1 amide bonds. The van der Waals surface area contributed by atoms with Crippen LogP contribution in [0.1, 0.15) is 18.1 Å². The van der Waals surface area contributed by atoms with Gasteiger partial charge in [-0.1, -0.05) is 12.1 Å². The van der Waals surface area contributed by atoms with Gasteiger partial charge < -0.3 is 25.0 Å². The van der Waals surface area contributed by atoms with Crippen molar-refractivity contribution in [1.82, 2.24) is 15.0 Å². The summed E-state index contributed by atoms with van der Waals surface area (Å²) in [5, 5.41) is 5.95. The molecule has 0 saturated carbocycles. The van der Waals surface area contributed by atoms with E-state index in [9.17, 15) is 4.79 Å². The number of aromatic nitrogens is 3. The molecule has 0 spiro atoms. The summed E-state index contributed by atoms with van der Waals surface area (Å²) in [7, 11) is 1.66. The van der Waals surface area contributed by atoms with Crippen molar-refractivity contribution in [1.29, 1.82) is 0 Å². The van der Waals surface area contributed by atoms with Crippen molar-refractivity contribution in [3.63, 3.8) is 0 Å². The molecule has 0 aliphatic carbocycles. The molecule has 0 atom stereocenters. The van der Waals surface area contributed by atoms with Crippen molar-refractivity contribution in [3.8, 4) is 5.75 Å². The summed E-state index contributed by atoms with van der Waals surface area (Å²) in [6, 6.07) is 13.6. The predicted octanol–water partition coefficient (Wildman–Crippen LogP) is 3.16. The molecule has 166 valence electrons.